The van der Waals surface area contributed by atoms with E-state index in [1.165, 1.54) is 0 Å². The van der Waals surface area contributed by atoms with Crippen LogP contribution in [0, 0.1) is 26.2 Å². The van der Waals surface area contributed by atoms with Crippen LogP contribution in [0.25, 0.3) is 0 Å². The van der Waals surface area contributed by atoms with E-state index in [4.69, 9.17) is 6.42 Å². The molecule has 2 aromatic rings. The molecular formula is C20H23N5O. The van der Waals surface area contributed by atoms with Crippen molar-refractivity contribution in [2.45, 2.75) is 45.3 Å². The van der Waals surface area contributed by atoms with Crippen molar-refractivity contribution in [3.8, 4) is 12.3 Å². The highest BCUT2D eigenvalue weighted by molar-refractivity contribution is 5.94. The Kier molecular flexibility index (Phi) is 5.17. The quantitative estimate of drug-likeness (QED) is 0.743. The van der Waals surface area contributed by atoms with Gasteiger partial charge in [0.1, 0.15) is 0 Å². The summed E-state index contributed by atoms with van der Waals surface area (Å²) in [4.78, 5) is 12.3. The first-order valence-electron chi connectivity index (χ1n) is 8.77. The van der Waals surface area contributed by atoms with Crippen LogP contribution in [-0.4, -0.2) is 27.9 Å². The highest BCUT2D eigenvalue weighted by Gasteiger charge is 2.38. The van der Waals surface area contributed by atoms with Crippen molar-refractivity contribution >= 4 is 5.91 Å². The summed E-state index contributed by atoms with van der Waals surface area (Å²) in [5.74, 6) is 2.52. The summed E-state index contributed by atoms with van der Waals surface area (Å²) < 4.78 is 1.96. The Hall–Kier alpha value is -2.94. The summed E-state index contributed by atoms with van der Waals surface area (Å²) in [6, 6.07) is 9.67. The van der Waals surface area contributed by atoms with Crippen LogP contribution in [0.5, 0.6) is 0 Å². The van der Waals surface area contributed by atoms with E-state index in [1.54, 1.807) is 0 Å². The Bertz CT molecular complexity index is 851. The average molecular weight is 349 g/mol. The van der Waals surface area contributed by atoms with Crippen molar-refractivity contribution in [3.63, 3.8) is 0 Å². The van der Waals surface area contributed by atoms with Crippen LogP contribution in [0.4, 0.5) is 0 Å². The van der Waals surface area contributed by atoms with Crippen LogP contribution in [0.3, 0.4) is 0 Å². The van der Waals surface area contributed by atoms with Crippen LogP contribution in [0.15, 0.2) is 40.6 Å². The molecule has 3 rings (SSSR count). The lowest BCUT2D eigenvalue weighted by Gasteiger charge is -2.10. The predicted molar refractivity (Wildman–Crippen MR) is 99.8 cm³/mol. The average Bonchev–Trinajstić information content (AvgIpc) is 3.32. The van der Waals surface area contributed by atoms with Gasteiger partial charge in [-0.2, -0.15) is 15.3 Å². The van der Waals surface area contributed by atoms with E-state index in [1.807, 2.05) is 42.8 Å². The fraction of sp³-hybridized carbons (Fsp3) is 0.400. The molecule has 26 heavy (non-hydrogen) atoms. The molecule has 1 aromatic heterocycles. The molecule has 1 aliphatic rings. The monoisotopic (exact) mass is 349 g/mol. The number of amides is 1. The third-order valence-corrected chi connectivity index (χ3v) is 4.52. The van der Waals surface area contributed by atoms with Crippen LogP contribution in [0.1, 0.15) is 46.6 Å². The maximum atomic E-state index is 12.3. The molecule has 0 saturated carbocycles. The van der Waals surface area contributed by atoms with Gasteiger partial charge in [-0.1, -0.05) is 12.1 Å². The van der Waals surface area contributed by atoms with Gasteiger partial charge < -0.3 is 5.32 Å². The number of benzene rings is 1. The lowest BCUT2D eigenvalue weighted by Crippen LogP contribution is -2.28. The number of nitrogens with zero attached hydrogens (tertiary/aromatic N) is 4. The molecule has 0 spiro atoms. The molecule has 0 atom stereocenters. The Morgan fingerprint density at radius 1 is 1.23 bits per heavy atom. The van der Waals surface area contributed by atoms with Gasteiger partial charge >= 0.3 is 0 Å². The van der Waals surface area contributed by atoms with Crippen molar-refractivity contribution in [3.05, 3.63) is 52.8 Å². The molecule has 0 fully saturated rings. The largest absolute Gasteiger partial charge is 0.352 e. The number of aryl methyl sites for hydroxylation is 2. The van der Waals surface area contributed by atoms with Crippen molar-refractivity contribution in [2.75, 3.05) is 6.54 Å². The van der Waals surface area contributed by atoms with Gasteiger partial charge in [-0.3, -0.25) is 9.48 Å². The van der Waals surface area contributed by atoms with Crippen LogP contribution in [0.2, 0.25) is 0 Å². The van der Waals surface area contributed by atoms with Crippen molar-refractivity contribution in [1.29, 1.82) is 0 Å². The Morgan fingerprint density at radius 2 is 1.96 bits per heavy atom. The van der Waals surface area contributed by atoms with Crippen molar-refractivity contribution in [1.82, 2.24) is 15.1 Å². The van der Waals surface area contributed by atoms with Gasteiger partial charge in [0.15, 0.2) is 5.66 Å². The lowest BCUT2D eigenvalue weighted by molar-refractivity contribution is 0.0952. The van der Waals surface area contributed by atoms with Crippen LogP contribution in [-0.2, 0) is 6.54 Å². The summed E-state index contributed by atoms with van der Waals surface area (Å²) in [5.41, 5.74) is 3.52. The van der Waals surface area contributed by atoms with Crippen molar-refractivity contribution in [2.24, 2.45) is 10.2 Å². The zero-order valence-corrected chi connectivity index (χ0v) is 15.2. The molecule has 0 radical (unpaired) electrons. The number of terminal acetylenes is 1. The van der Waals surface area contributed by atoms with Crippen molar-refractivity contribution < 1.29 is 4.79 Å². The molecule has 1 aromatic carbocycles. The highest BCUT2D eigenvalue weighted by atomic mass is 16.1. The normalized spacial score (nSPS) is 14.0. The smallest absolute Gasteiger partial charge is 0.251 e. The zero-order valence-electron chi connectivity index (χ0n) is 15.2. The van der Waals surface area contributed by atoms with Gasteiger partial charge in [-0.05, 0) is 37.6 Å². The van der Waals surface area contributed by atoms with E-state index < -0.39 is 0 Å². The standard InChI is InChI=1S/C20H23N5O/c1-4-5-10-20(23-24-20)11-12-21-19(26)18-8-6-17(7-9-18)14-25-16(3)13-15(2)22-25/h1,6-9,13H,5,10-12,14H2,2-3H3,(H,21,26). The summed E-state index contributed by atoms with van der Waals surface area (Å²) in [5, 5.41) is 15.5. The second-order valence-corrected chi connectivity index (χ2v) is 6.67. The predicted octanol–water partition coefficient (Wildman–Crippen LogP) is 3.24. The number of carbonyl (C=O) groups is 1. The number of carbonyl (C=O) groups excluding carboxylic acids is 1. The van der Waals surface area contributed by atoms with Gasteiger partial charge in [0.25, 0.3) is 5.91 Å². The second-order valence-electron chi connectivity index (χ2n) is 6.67. The zero-order chi connectivity index (χ0) is 18.6. The maximum Gasteiger partial charge on any atom is 0.251 e. The first kappa shape index (κ1) is 17.9. The topological polar surface area (TPSA) is 71.6 Å². The minimum absolute atomic E-state index is 0.0876. The molecule has 134 valence electrons. The molecule has 6 nitrogen and oxygen atoms in total. The third kappa shape index (κ3) is 4.37. The Balaban J connectivity index is 1.49. The second kappa shape index (κ2) is 7.52. The van der Waals surface area contributed by atoms with Gasteiger partial charge in [0.2, 0.25) is 0 Å². The molecule has 0 unspecified atom stereocenters. The SMILES string of the molecule is C#CCCC1(CCNC(=O)c2ccc(Cn3nc(C)cc3C)cc2)N=N1. The fourth-order valence-corrected chi connectivity index (χ4v) is 2.92. The van der Waals surface area contributed by atoms with E-state index in [9.17, 15) is 4.79 Å². The summed E-state index contributed by atoms with van der Waals surface area (Å²) in [6.45, 7) is 5.25. The summed E-state index contributed by atoms with van der Waals surface area (Å²) in [6.07, 6.45) is 7.37. The number of nitrogens with one attached hydrogen (secondary N) is 1. The van der Waals surface area contributed by atoms with E-state index in [2.05, 4.69) is 32.6 Å². The fourth-order valence-electron chi connectivity index (χ4n) is 2.92. The minimum Gasteiger partial charge on any atom is -0.352 e. The molecule has 2 heterocycles. The van der Waals surface area contributed by atoms with Gasteiger partial charge in [0.05, 0.1) is 12.2 Å². The van der Waals surface area contributed by atoms with E-state index in [0.29, 0.717) is 31.5 Å². The van der Waals surface area contributed by atoms with Gasteiger partial charge in [-0.25, -0.2) is 0 Å². The first-order chi connectivity index (χ1) is 12.5. The molecule has 1 aliphatic heterocycles. The van der Waals surface area contributed by atoms with Gasteiger partial charge in [0, 0.05) is 37.1 Å². The van der Waals surface area contributed by atoms with E-state index in [0.717, 1.165) is 23.4 Å². The molecule has 0 saturated heterocycles. The molecule has 0 bridgehead atoms. The number of hydrogen-bond donors (Lipinski definition) is 1. The van der Waals surface area contributed by atoms with E-state index in [-0.39, 0.29) is 11.6 Å². The Labute approximate surface area is 153 Å². The highest BCUT2D eigenvalue weighted by Crippen LogP contribution is 2.36. The number of hydrogen-bond acceptors (Lipinski definition) is 4. The molecule has 1 amide bonds. The molecular weight excluding hydrogens is 326 g/mol. The first-order valence-corrected chi connectivity index (χ1v) is 8.77. The Morgan fingerprint density at radius 3 is 2.54 bits per heavy atom. The van der Waals surface area contributed by atoms with Gasteiger partial charge in [-0.15, -0.1) is 12.3 Å². The third-order valence-electron chi connectivity index (χ3n) is 4.52. The maximum absolute atomic E-state index is 12.3. The number of aromatic nitrogens is 2. The minimum atomic E-state index is -0.358. The lowest BCUT2D eigenvalue weighted by atomic mass is 10.0. The summed E-state index contributed by atoms with van der Waals surface area (Å²) >= 11 is 0. The van der Waals surface area contributed by atoms with Crippen LogP contribution >= 0.6 is 0 Å². The molecule has 1 N–H and O–H groups in total. The molecule has 0 aliphatic carbocycles. The van der Waals surface area contributed by atoms with Crippen LogP contribution < -0.4 is 5.32 Å². The number of rotatable bonds is 8. The summed E-state index contributed by atoms with van der Waals surface area (Å²) in [7, 11) is 0. The van der Waals surface area contributed by atoms with E-state index >= 15 is 0 Å². The molecule has 6 heteroatoms.